The van der Waals surface area contributed by atoms with Gasteiger partial charge in [-0.1, -0.05) is 60.7 Å². The highest BCUT2D eigenvalue weighted by Gasteiger charge is 2.26. The summed E-state index contributed by atoms with van der Waals surface area (Å²) in [6.07, 6.45) is 5.50. The molecule has 6 heteroatoms. The number of phenolic OH excluding ortho intramolecular Hbond substituents is 2. The van der Waals surface area contributed by atoms with Crippen molar-refractivity contribution in [2.75, 3.05) is 0 Å². The fourth-order valence-electron chi connectivity index (χ4n) is 8.70. The van der Waals surface area contributed by atoms with Gasteiger partial charge >= 0.3 is 0 Å². The molecule has 6 aromatic carbocycles. The van der Waals surface area contributed by atoms with Gasteiger partial charge in [0, 0.05) is 33.9 Å². The molecule has 6 nitrogen and oxygen atoms in total. The van der Waals surface area contributed by atoms with Gasteiger partial charge in [-0.3, -0.25) is 9.13 Å². The molecule has 256 valence electrons. The van der Waals surface area contributed by atoms with Crippen LogP contribution in [0.5, 0.6) is 11.5 Å². The summed E-state index contributed by atoms with van der Waals surface area (Å²) < 4.78 is 4.60. The van der Waals surface area contributed by atoms with Crippen LogP contribution in [0.3, 0.4) is 0 Å². The highest BCUT2D eigenvalue weighted by molar-refractivity contribution is 6.15. The molecule has 0 bridgehead atoms. The van der Waals surface area contributed by atoms with Crippen molar-refractivity contribution < 1.29 is 10.2 Å². The molecular weight excluding hydrogens is 665 g/mol. The number of fused-ring (bicyclic) bond motifs is 10. The Morgan fingerprint density at radius 2 is 1.02 bits per heavy atom. The predicted octanol–water partition coefficient (Wildman–Crippen LogP) is 11.2. The largest absolute Gasteiger partial charge is 0.508 e. The van der Waals surface area contributed by atoms with Crippen LogP contribution >= 0.6 is 0 Å². The fraction of sp³-hybridized carbons (Fsp3) is 0.0417. The summed E-state index contributed by atoms with van der Waals surface area (Å²) in [7, 11) is 0. The first-order valence-electron chi connectivity index (χ1n) is 18.2. The molecule has 0 amide bonds. The lowest BCUT2D eigenvalue weighted by molar-refractivity contribution is 0.475. The van der Waals surface area contributed by atoms with Gasteiger partial charge in [0.05, 0.1) is 22.1 Å². The van der Waals surface area contributed by atoms with Crippen molar-refractivity contribution in [1.82, 2.24) is 19.1 Å². The smallest absolute Gasteiger partial charge is 0.137 e. The van der Waals surface area contributed by atoms with Crippen LogP contribution in [0.25, 0.3) is 88.6 Å². The van der Waals surface area contributed by atoms with Gasteiger partial charge in [-0.25, -0.2) is 9.97 Å². The minimum absolute atomic E-state index is 0.254. The first kappa shape index (κ1) is 30.4. The van der Waals surface area contributed by atoms with Gasteiger partial charge in [-0.2, -0.15) is 0 Å². The van der Waals surface area contributed by atoms with E-state index in [1.807, 2.05) is 73.1 Å². The average molecular weight is 697 g/mol. The predicted molar refractivity (Wildman–Crippen MR) is 218 cm³/mol. The average Bonchev–Trinajstić information content (AvgIpc) is 3.72. The molecule has 4 heterocycles. The molecule has 11 rings (SSSR count). The third-order valence-corrected chi connectivity index (χ3v) is 11.1. The molecule has 0 saturated carbocycles. The number of nitrogens with zero attached hydrogens (tertiary/aromatic N) is 4. The van der Waals surface area contributed by atoms with Crippen molar-refractivity contribution in [3.8, 4) is 56.5 Å². The van der Waals surface area contributed by atoms with Crippen LogP contribution in [0.15, 0.2) is 158 Å². The monoisotopic (exact) mass is 696 g/mol. The topological polar surface area (TPSA) is 76.1 Å². The van der Waals surface area contributed by atoms with E-state index in [1.54, 1.807) is 12.1 Å². The molecule has 54 heavy (non-hydrogen) atoms. The Kier molecular flexibility index (Phi) is 6.58. The Balaban J connectivity index is 1.17. The lowest BCUT2D eigenvalue weighted by Gasteiger charge is -2.22. The maximum absolute atomic E-state index is 10.3. The number of benzene rings is 6. The van der Waals surface area contributed by atoms with Gasteiger partial charge in [0.15, 0.2) is 0 Å². The highest BCUT2D eigenvalue weighted by atomic mass is 16.3. The van der Waals surface area contributed by atoms with Crippen molar-refractivity contribution in [3.05, 3.63) is 169 Å². The number of hydrogen-bond acceptors (Lipinski definition) is 4. The second kappa shape index (κ2) is 11.7. The third-order valence-electron chi connectivity index (χ3n) is 11.1. The van der Waals surface area contributed by atoms with Crippen molar-refractivity contribution in [2.45, 2.75) is 12.8 Å². The molecule has 1 aliphatic carbocycles. The lowest BCUT2D eigenvalue weighted by Crippen LogP contribution is -2.07. The number of pyridine rings is 2. The van der Waals surface area contributed by atoms with Crippen LogP contribution < -0.4 is 0 Å². The number of aryl methyl sites for hydroxylation is 2. The summed E-state index contributed by atoms with van der Waals surface area (Å²) in [6.45, 7) is 0. The van der Waals surface area contributed by atoms with Crippen molar-refractivity contribution in [1.29, 1.82) is 0 Å². The van der Waals surface area contributed by atoms with Gasteiger partial charge < -0.3 is 10.2 Å². The zero-order valence-corrected chi connectivity index (χ0v) is 29.1. The molecule has 0 aliphatic heterocycles. The zero-order valence-electron chi connectivity index (χ0n) is 29.1. The minimum atomic E-state index is 0.254. The molecule has 1 aliphatic rings. The molecule has 10 aromatic rings. The maximum atomic E-state index is 10.3. The molecule has 0 atom stereocenters. The first-order chi connectivity index (χ1) is 26.6. The summed E-state index contributed by atoms with van der Waals surface area (Å²) in [5, 5.41) is 25.2. The summed E-state index contributed by atoms with van der Waals surface area (Å²) in [5.74, 6) is 2.26. The normalized spacial score (nSPS) is 12.4. The second-order valence-electron chi connectivity index (χ2n) is 14.1. The summed E-state index contributed by atoms with van der Waals surface area (Å²) in [6, 6.07) is 49.5. The van der Waals surface area contributed by atoms with E-state index in [-0.39, 0.29) is 11.5 Å². The molecule has 0 fully saturated rings. The maximum Gasteiger partial charge on any atom is 0.137 e. The number of hydrogen-bond donors (Lipinski definition) is 2. The van der Waals surface area contributed by atoms with E-state index in [9.17, 15) is 10.2 Å². The lowest BCUT2D eigenvalue weighted by atomic mass is 9.83. The summed E-state index contributed by atoms with van der Waals surface area (Å²) in [4.78, 5) is 9.68. The Labute approximate surface area is 310 Å². The van der Waals surface area contributed by atoms with Gasteiger partial charge in [0.2, 0.25) is 0 Å². The number of aromatic hydroxyl groups is 2. The van der Waals surface area contributed by atoms with Crippen LogP contribution in [0.2, 0.25) is 0 Å². The molecule has 0 unspecified atom stereocenters. The van der Waals surface area contributed by atoms with Crippen LogP contribution in [0.1, 0.15) is 11.1 Å². The Hall–Kier alpha value is -7.18. The van der Waals surface area contributed by atoms with E-state index in [2.05, 4.69) is 81.9 Å². The van der Waals surface area contributed by atoms with Gasteiger partial charge in [-0.05, 0) is 142 Å². The number of phenols is 2. The van der Waals surface area contributed by atoms with Crippen molar-refractivity contribution in [3.63, 3.8) is 0 Å². The van der Waals surface area contributed by atoms with Crippen molar-refractivity contribution in [2.24, 2.45) is 0 Å². The van der Waals surface area contributed by atoms with E-state index < -0.39 is 0 Å². The Bertz CT molecular complexity index is 3070. The zero-order chi connectivity index (χ0) is 35.9. The first-order valence-corrected chi connectivity index (χ1v) is 18.2. The van der Waals surface area contributed by atoms with E-state index in [0.717, 1.165) is 74.1 Å². The van der Waals surface area contributed by atoms with Crippen LogP contribution in [0.4, 0.5) is 0 Å². The van der Waals surface area contributed by atoms with Gasteiger partial charge in [0.25, 0.3) is 0 Å². The molecular formula is C48H32N4O2. The Morgan fingerprint density at radius 3 is 1.65 bits per heavy atom. The van der Waals surface area contributed by atoms with E-state index in [0.29, 0.717) is 0 Å². The number of rotatable bonds is 4. The van der Waals surface area contributed by atoms with Gasteiger partial charge in [0.1, 0.15) is 23.1 Å². The fourth-order valence-corrected chi connectivity index (χ4v) is 8.70. The third kappa shape index (κ3) is 4.60. The highest BCUT2D eigenvalue weighted by Crippen LogP contribution is 2.45. The molecule has 2 N–H and O–H groups in total. The standard InChI is InChI=1S/C48H32N4O2/c53-34-9-5-7-29(23-34)31-15-20-44-40(25-31)38-18-17-36-37(48(38)52(44)47-12-2-4-22-50-47)16-13-33-27-42-41-26-32(30-8-6-10-35(54)24-30)14-19-43(41)51(45(42)28-39(33)36)46-11-1-3-21-49-46/h1-12,14-15,17-28,53-54H,13,16H2. The van der Waals surface area contributed by atoms with Crippen LogP contribution in [-0.2, 0) is 12.8 Å². The van der Waals surface area contributed by atoms with E-state index in [1.165, 1.54) is 38.5 Å². The minimum Gasteiger partial charge on any atom is -0.508 e. The SMILES string of the molecule is Oc1cccc(-c2ccc3c(c2)c2cc4c(cc2n3-c2ccccn2)-c2ccc3c5cc(-c6cccc(O)c6)ccc5n(-c5ccccn5)c3c2CC4)c1. The van der Waals surface area contributed by atoms with E-state index in [4.69, 9.17) is 9.97 Å². The Morgan fingerprint density at radius 1 is 0.426 bits per heavy atom. The molecule has 4 aromatic heterocycles. The second-order valence-corrected chi connectivity index (χ2v) is 14.1. The molecule has 0 spiro atoms. The van der Waals surface area contributed by atoms with Crippen LogP contribution in [-0.4, -0.2) is 29.3 Å². The summed E-state index contributed by atoms with van der Waals surface area (Å²) in [5.41, 5.74) is 13.6. The molecule has 0 saturated heterocycles. The van der Waals surface area contributed by atoms with Crippen molar-refractivity contribution >= 4 is 43.6 Å². The van der Waals surface area contributed by atoms with Gasteiger partial charge in [-0.15, -0.1) is 0 Å². The summed E-state index contributed by atoms with van der Waals surface area (Å²) >= 11 is 0. The van der Waals surface area contributed by atoms with E-state index >= 15 is 0 Å². The molecule has 0 radical (unpaired) electrons. The van der Waals surface area contributed by atoms with Crippen LogP contribution in [0, 0.1) is 0 Å². The number of aromatic nitrogens is 4. The quantitative estimate of drug-likeness (QED) is 0.192.